The van der Waals surface area contributed by atoms with Crippen LogP contribution in [0.1, 0.15) is 48.6 Å². The van der Waals surface area contributed by atoms with E-state index in [-0.39, 0.29) is 0 Å². The number of rotatable bonds is 8. The highest BCUT2D eigenvalue weighted by Gasteiger charge is 2.47. The van der Waals surface area contributed by atoms with E-state index in [4.69, 9.17) is 0 Å². The van der Waals surface area contributed by atoms with Gasteiger partial charge in [0.2, 0.25) is 0 Å². The zero-order chi connectivity index (χ0) is 16.7. The van der Waals surface area contributed by atoms with Crippen LogP contribution in [0.3, 0.4) is 0 Å². The van der Waals surface area contributed by atoms with E-state index >= 15 is 0 Å². The molecular formula is C23H28N2. The third kappa shape index (κ3) is 3.51. The molecule has 0 bridgehead atoms. The van der Waals surface area contributed by atoms with E-state index in [0.29, 0.717) is 17.5 Å². The minimum Gasteiger partial charge on any atom is -0.313 e. The monoisotopic (exact) mass is 332 g/mol. The molecule has 0 amide bonds. The summed E-state index contributed by atoms with van der Waals surface area (Å²) in [5, 5.41) is 7.71. The lowest BCUT2D eigenvalue weighted by molar-refractivity contribution is 0.417. The Morgan fingerprint density at radius 3 is 1.52 bits per heavy atom. The van der Waals surface area contributed by atoms with Gasteiger partial charge in [-0.2, -0.15) is 0 Å². The topological polar surface area (TPSA) is 24.1 Å². The van der Waals surface area contributed by atoms with Gasteiger partial charge in [0.15, 0.2) is 0 Å². The summed E-state index contributed by atoms with van der Waals surface area (Å²) in [5.41, 5.74) is 3.55. The molecule has 2 aromatic carbocycles. The molecule has 3 aliphatic rings. The van der Waals surface area contributed by atoms with E-state index in [0.717, 1.165) is 11.8 Å². The van der Waals surface area contributed by atoms with Gasteiger partial charge in [-0.1, -0.05) is 60.7 Å². The summed E-state index contributed by atoms with van der Waals surface area (Å²) < 4.78 is 0. The van der Waals surface area contributed by atoms with Gasteiger partial charge < -0.3 is 10.6 Å². The highest BCUT2D eigenvalue weighted by molar-refractivity contribution is 5.29. The Hall–Kier alpha value is -1.64. The molecule has 25 heavy (non-hydrogen) atoms. The van der Waals surface area contributed by atoms with Crippen molar-refractivity contribution in [3.05, 3.63) is 71.8 Å². The van der Waals surface area contributed by atoms with Crippen molar-refractivity contribution in [2.75, 3.05) is 13.1 Å². The molecule has 3 fully saturated rings. The van der Waals surface area contributed by atoms with Gasteiger partial charge in [0.25, 0.3) is 0 Å². The Kier molecular flexibility index (Phi) is 3.91. The first-order chi connectivity index (χ1) is 12.3. The van der Waals surface area contributed by atoms with Gasteiger partial charge in [-0.25, -0.2) is 0 Å². The zero-order valence-corrected chi connectivity index (χ0v) is 14.8. The molecule has 0 radical (unpaired) electrons. The van der Waals surface area contributed by atoms with Crippen LogP contribution in [-0.4, -0.2) is 25.2 Å². The van der Waals surface area contributed by atoms with Crippen LogP contribution in [0.15, 0.2) is 60.7 Å². The molecule has 2 heteroatoms. The fourth-order valence-electron chi connectivity index (χ4n) is 4.27. The minimum absolute atomic E-state index is 0.535. The van der Waals surface area contributed by atoms with Crippen LogP contribution < -0.4 is 10.6 Å². The molecule has 3 saturated carbocycles. The third-order valence-electron chi connectivity index (χ3n) is 6.47. The summed E-state index contributed by atoms with van der Waals surface area (Å²) in [7, 11) is 0. The van der Waals surface area contributed by atoms with Crippen molar-refractivity contribution < 1.29 is 0 Å². The molecule has 2 nitrogen and oxygen atoms in total. The third-order valence-corrected chi connectivity index (χ3v) is 6.47. The molecule has 0 aliphatic heterocycles. The molecule has 0 spiro atoms. The number of benzene rings is 2. The Morgan fingerprint density at radius 2 is 1.12 bits per heavy atom. The van der Waals surface area contributed by atoms with Crippen molar-refractivity contribution in [3.8, 4) is 0 Å². The zero-order valence-electron chi connectivity index (χ0n) is 14.8. The van der Waals surface area contributed by atoms with Crippen LogP contribution >= 0.6 is 0 Å². The van der Waals surface area contributed by atoms with Gasteiger partial charge in [0.05, 0.1) is 0 Å². The standard InChI is InChI=1S/C23H28N2/c1-3-7-17(8-4-1)19-13-21(19)24-15-23(11-12-23)16-25-22-14-20(22)18-9-5-2-6-10-18/h1-10,19-22,24-25H,11-16H2/t19-,20?,21?,22?/m0/s1. The normalized spacial score (nSPS) is 31.5. The van der Waals surface area contributed by atoms with Gasteiger partial charge in [-0.15, -0.1) is 0 Å². The quantitative estimate of drug-likeness (QED) is 0.762. The summed E-state index contributed by atoms with van der Waals surface area (Å²) in [6.07, 6.45) is 5.40. The van der Waals surface area contributed by atoms with Crippen LogP contribution in [0.5, 0.6) is 0 Å². The lowest BCUT2D eigenvalue weighted by Crippen LogP contribution is -2.35. The van der Waals surface area contributed by atoms with Gasteiger partial charge in [-0.3, -0.25) is 0 Å². The fourth-order valence-corrected chi connectivity index (χ4v) is 4.27. The summed E-state index contributed by atoms with van der Waals surface area (Å²) in [5.74, 6) is 1.49. The van der Waals surface area contributed by atoms with E-state index in [9.17, 15) is 0 Å². The first kappa shape index (κ1) is 15.6. The molecule has 2 N–H and O–H groups in total. The predicted molar refractivity (Wildman–Crippen MR) is 103 cm³/mol. The highest BCUT2D eigenvalue weighted by Crippen LogP contribution is 2.48. The van der Waals surface area contributed by atoms with Crippen molar-refractivity contribution in [2.24, 2.45) is 5.41 Å². The Morgan fingerprint density at radius 1 is 0.680 bits per heavy atom. The van der Waals surface area contributed by atoms with E-state index in [2.05, 4.69) is 71.3 Å². The van der Waals surface area contributed by atoms with Crippen LogP contribution in [0, 0.1) is 5.41 Å². The Bertz CT molecular complexity index is 648. The predicted octanol–water partition coefficient (Wildman–Crippen LogP) is 4.06. The molecule has 0 heterocycles. The maximum Gasteiger partial charge on any atom is 0.0143 e. The average Bonchev–Trinajstić information content (AvgIpc) is 3.55. The van der Waals surface area contributed by atoms with E-state index in [1.807, 2.05) is 0 Å². The van der Waals surface area contributed by atoms with Crippen LogP contribution in [0.4, 0.5) is 0 Å². The fraction of sp³-hybridized carbons (Fsp3) is 0.478. The van der Waals surface area contributed by atoms with Crippen molar-refractivity contribution >= 4 is 0 Å². The molecule has 0 aromatic heterocycles. The maximum absolute atomic E-state index is 3.85. The number of hydrogen-bond acceptors (Lipinski definition) is 2. The van der Waals surface area contributed by atoms with Crippen molar-refractivity contribution in [3.63, 3.8) is 0 Å². The van der Waals surface area contributed by atoms with Gasteiger partial charge >= 0.3 is 0 Å². The second-order valence-electron chi connectivity index (χ2n) is 8.48. The van der Waals surface area contributed by atoms with E-state index < -0.39 is 0 Å². The van der Waals surface area contributed by atoms with E-state index in [1.165, 1.54) is 49.9 Å². The van der Waals surface area contributed by atoms with Crippen LogP contribution in [0.2, 0.25) is 0 Å². The van der Waals surface area contributed by atoms with Crippen molar-refractivity contribution in [1.82, 2.24) is 10.6 Å². The van der Waals surface area contributed by atoms with Gasteiger partial charge in [0.1, 0.15) is 0 Å². The SMILES string of the molecule is c1ccc(C2CC2NCC2(CNC3C[C@H]3c3ccccc3)CC2)cc1. The van der Waals surface area contributed by atoms with E-state index in [1.54, 1.807) is 0 Å². The highest BCUT2D eigenvalue weighted by atomic mass is 15.0. The largest absolute Gasteiger partial charge is 0.313 e. The molecular weight excluding hydrogens is 304 g/mol. The molecule has 3 unspecified atom stereocenters. The van der Waals surface area contributed by atoms with Crippen molar-refractivity contribution in [2.45, 2.75) is 49.6 Å². The van der Waals surface area contributed by atoms with Crippen molar-refractivity contribution in [1.29, 1.82) is 0 Å². The average molecular weight is 332 g/mol. The molecule has 4 atom stereocenters. The minimum atomic E-state index is 0.535. The number of nitrogens with one attached hydrogen (secondary N) is 2. The second kappa shape index (κ2) is 6.26. The summed E-state index contributed by atoms with van der Waals surface area (Å²) in [4.78, 5) is 0. The molecule has 5 rings (SSSR count). The Labute approximate surface area is 151 Å². The lowest BCUT2D eigenvalue weighted by Gasteiger charge is -2.17. The molecule has 130 valence electrons. The Balaban J connectivity index is 1.06. The van der Waals surface area contributed by atoms with Crippen LogP contribution in [0.25, 0.3) is 0 Å². The first-order valence-electron chi connectivity index (χ1n) is 9.90. The number of hydrogen-bond donors (Lipinski definition) is 2. The summed E-state index contributed by atoms with van der Waals surface area (Å²) in [6.45, 7) is 2.38. The van der Waals surface area contributed by atoms with Crippen LogP contribution in [-0.2, 0) is 0 Å². The lowest BCUT2D eigenvalue weighted by atomic mass is 10.1. The summed E-state index contributed by atoms with van der Waals surface area (Å²) in [6, 6.07) is 23.4. The first-order valence-corrected chi connectivity index (χ1v) is 9.90. The van der Waals surface area contributed by atoms with Gasteiger partial charge in [0, 0.05) is 37.0 Å². The molecule has 3 aliphatic carbocycles. The molecule has 2 aromatic rings. The second-order valence-corrected chi connectivity index (χ2v) is 8.48. The molecule has 0 saturated heterocycles. The smallest absolute Gasteiger partial charge is 0.0143 e. The van der Waals surface area contributed by atoms with Gasteiger partial charge in [-0.05, 0) is 42.2 Å². The summed E-state index contributed by atoms with van der Waals surface area (Å²) >= 11 is 0. The maximum atomic E-state index is 3.85.